The Morgan fingerprint density at radius 2 is 0.607 bits per heavy atom. The van der Waals surface area contributed by atoms with Gasteiger partial charge in [-0.2, -0.15) is 0 Å². The zero-order valence-corrected chi connectivity index (χ0v) is 65.6. The predicted octanol–water partition coefficient (Wildman–Crippen LogP) is 17.0. The van der Waals surface area contributed by atoms with Crippen molar-refractivity contribution < 1.29 is 60.4 Å². The monoisotopic (exact) mass is 1510 g/mol. The fourth-order valence-electron chi connectivity index (χ4n) is 12.0. The second-order valence-electron chi connectivity index (χ2n) is 26.6. The number of hydrogen-bond acceptors (Lipinski definition) is 19. The standard InChI is InChI=1S/C23H24N2O3.2C22H23N3O3.C21H20FN3O3/c1-5-23(27)25(4)20-11-10-19(12-15(20)2)17-6-8-18(9-7-17)21(26)13-22-24-14-16(3)28-22;1-5-22(27)25(4)19-9-7-16(10-14(19)2)18-8-6-17(13-23-18)20(26)11-21-24-12-15(3)28-21;1-5-22(27)25(4)19-9-7-16(10-14(19)2)17-6-8-18(23-13-17)20(26)11-21-24-12-15(3)28-21;1-4-21(27)25(3)18-8-6-14(9-16(18)22)17-7-5-15(12-23-17)19(26)10-20-24-11-13(2)28-20/h6-12,14H,5,13H2,1-4H3;2*6-10,12-13H,5,11H2,1-4H3;5-9,11-12H,4,10H2,1-3H3. The minimum Gasteiger partial charge on any atom is -0.446 e. The first-order valence-electron chi connectivity index (χ1n) is 36.5. The maximum absolute atomic E-state index is 14.4. The molecule has 0 bridgehead atoms. The Kier molecular flexibility index (Phi) is 28.4. The Labute approximate surface area is 650 Å². The Morgan fingerprint density at radius 1 is 0.304 bits per heavy atom. The van der Waals surface area contributed by atoms with Gasteiger partial charge in [-0.1, -0.05) is 82.3 Å². The van der Waals surface area contributed by atoms with Crippen molar-refractivity contribution in [3.63, 3.8) is 0 Å². The van der Waals surface area contributed by atoms with Gasteiger partial charge in [0.25, 0.3) is 0 Å². The van der Waals surface area contributed by atoms with E-state index >= 15 is 0 Å². The third-order valence-corrected chi connectivity index (χ3v) is 18.3. The lowest BCUT2D eigenvalue weighted by Gasteiger charge is -2.19. The Hall–Kier alpha value is -13.1. The maximum atomic E-state index is 14.4. The van der Waals surface area contributed by atoms with Crippen LogP contribution in [0.5, 0.6) is 0 Å². The van der Waals surface area contributed by atoms with E-state index in [0.717, 1.165) is 67.3 Å². The number of anilines is 4. The van der Waals surface area contributed by atoms with E-state index in [0.29, 0.717) is 106 Å². The molecule has 0 saturated carbocycles. The van der Waals surface area contributed by atoms with Gasteiger partial charge in [-0.15, -0.1) is 0 Å². The van der Waals surface area contributed by atoms with E-state index in [1.54, 1.807) is 144 Å². The molecule has 0 atom stereocenters. The van der Waals surface area contributed by atoms with Gasteiger partial charge in [-0.05, 0) is 161 Å². The van der Waals surface area contributed by atoms with Gasteiger partial charge in [-0.25, -0.2) is 24.3 Å². The van der Waals surface area contributed by atoms with Crippen LogP contribution in [-0.4, -0.2) is 110 Å². The second-order valence-corrected chi connectivity index (χ2v) is 26.6. The van der Waals surface area contributed by atoms with E-state index in [-0.39, 0.29) is 78.1 Å². The van der Waals surface area contributed by atoms with E-state index in [1.807, 2.05) is 126 Å². The molecule has 0 aliphatic carbocycles. The number of halogens is 1. The van der Waals surface area contributed by atoms with Crippen LogP contribution in [0.2, 0.25) is 0 Å². The maximum Gasteiger partial charge on any atom is 0.226 e. The average molecular weight is 1510 g/mol. The summed E-state index contributed by atoms with van der Waals surface area (Å²) in [4.78, 5) is 132. The molecule has 0 N–H and O–H groups in total. The zero-order chi connectivity index (χ0) is 81.0. The first kappa shape index (κ1) is 82.9. The molecular formula is C88H90FN11O12. The summed E-state index contributed by atoms with van der Waals surface area (Å²) in [7, 11) is 6.90. The molecule has 0 aliphatic heterocycles. The summed E-state index contributed by atoms with van der Waals surface area (Å²) in [6.45, 7) is 20.4. The average Bonchev–Trinajstić information content (AvgIpc) is 1.18. The van der Waals surface area contributed by atoms with Crippen LogP contribution in [0.15, 0.2) is 195 Å². The van der Waals surface area contributed by atoms with Crippen LogP contribution in [0.1, 0.15) is 158 Å². The predicted molar refractivity (Wildman–Crippen MR) is 427 cm³/mol. The van der Waals surface area contributed by atoms with Crippen LogP contribution < -0.4 is 19.6 Å². The quantitative estimate of drug-likeness (QED) is 0.0508. The number of aromatic nitrogens is 7. The van der Waals surface area contributed by atoms with Gasteiger partial charge in [0.1, 0.15) is 34.6 Å². The van der Waals surface area contributed by atoms with E-state index in [4.69, 9.17) is 17.7 Å². The van der Waals surface area contributed by atoms with Gasteiger partial charge >= 0.3 is 0 Å². The Morgan fingerprint density at radius 3 is 0.929 bits per heavy atom. The van der Waals surface area contributed by atoms with Gasteiger partial charge in [0.15, 0.2) is 23.1 Å². The third-order valence-electron chi connectivity index (χ3n) is 18.3. The number of oxazole rings is 4. The topological polar surface area (TPSA) is 292 Å². The van der Waals surface area contributed by atoms with Crippen LogP contribution in [0.3, 0.4) is 0 Å². The summed E-state index contributed by atoms with van der Waals surface area (Å²) in [5, 5.41) is 0. The van der Waals surface area contributed by atoms with Crippen LogP contribution >= 0.6 is 0 Å². The van der Waals surface area contributed by atoms with Gasteiger partial charge < -0.3 is 37.3 Å². The molecule has 5 aromatic carbocycles. The van der Waals surface area contributed by atoms with Crippen molar-refractivity contribution in [2.75, 3.05) is 47.8 Å². The first-order chi connectivity index (χ1) is 53.5. The van der Waals surface area contributed by atoms with E-state index < -0.39 is 5.82 Å². The van der Waals surface area contributed by atoms with Crippen LogP contribution in [0.4, 0.5) is 27.1 Å². The van der Waals surface area contributed by atoms with Crippen LogP contribution in [-0.2, 0) is 44.9 Å². The molecule has 23 nitrogen and oxygen atoms in total. The highest BCUT2D eigenvalue weighted by Crippen LogP contribution is 2.32. The van der Waals surface area contributed by atoms with Crippen molar-refractivity contribution >= 4 is 69.5 Å². The minimum absolute atomic E-state index is 0.0281. The molecule has 0 saturated heterocycles. The van der Waals surface area contributed by atoms with Gasteiger partial charge in [0, 0.05) is 123 Å². The lowest BCUT2D eigenvalue weighted by atomic mass is 9.99. The molecule has 0 aliphatic rings. The highest BCUT2D eigenvalue weighted by atomic mass is 19.1. The number of carbonyl (C=O) groups excluding carboxylic acids is 8. The van der Waals surface area contributed by atoms with Gasteiger partial charge in [0.2, 0.25) is 47.2 Å². The van der Waals surface area contributed by atoms with Crippen molar-refractivity contribution in [3.8, 4) is 44.8 Å². The summed E-state index contributed by atoms with van der Waals surface area (Å²) < 4.78 is 35.8. The number of Topliss-reactive ketones (excluding diaryl/α,β-unsaturated/α-hetero) is 4. The van der Waals surface area contributed by atoms with E-state index in [1.165, 1.54) is 24.2 Å². The number of benzene rings is 5. The van der Waals surface area contributed by atoms with Crippen molar-refractivity contribution in [2.45, 2.75) is 128 Å². The summed E-state index contributed by atoms with van der Waals surface area (Å²) in [5.41, 5.74) is 14.6. The molecule has 0 fully saturated rings. The van der Waals surface area contributed by atoms with Gasteiger partial charge in [0.05, 0.1) is 67.5 Å². The minimum atomic E-state index is -0.511. The number of aryl methyl sites for hydroxylation is 7. The molecule has 0 radical (unpaired) electrons. The fraction of sp³-hybridized carbons (Fsp3) is 0.261. The molecule has 12 rings (SSSR count). The first-order valence-corrected chi connectivity index (χ1v) is 36.5. The van der Waals surface area contributed by atoms with Crippen molar-refractivity contribution in [2.24, 2.45) is 0 Å². The highest BCUT2D eigenvalue weighted by Gasteiger charge is 2.21. The molecule has 7 aromatic heterocycles. The molecule has 7 heterocycles. The molecule has 112 heavy (non-hydrogen) atoms. The molecule has 576 valence electrons. The fourth-order valence-corrected chi connectivity index (χ4v) is 12.0. The second kappa shape index (κ2) is 38.3. The molecular weight excluding hydrogens is 1420 g/mol. The normalized spacial score (nSPS) is 10.7. The lowest BCUT2D eigenvalue weighted by molar-refractivity contribution is -0.118. The summed E-state index contributed by atoms with van der Waals surface area (Å²) >= 11 is 0. The van der Waals surface area contributed by atoms with Crippen molar-refractivity contribution in [1.82, 2.24) is 34.9 Å². The number of hydrogen-bond donors (Lipinski definition) is 0. The molecule has 0 spiro atoms. The van der Waals surface area contributed by atoms with Crippen LogP contribution in [0, 0.1) is 54.3 Å². The lowest BCUT2D eigenvalue weighted by Crippen LogP contribution is -2.25. The van der Waals surface area contributed by atoms with Crippen molar-refractivity contribution in [1.29, 1.82) is 0 Å². The van der Waals surface area contributed by atoms with E-state index in [9.17, 15) is 42.7 Å². The molecule has 4 amide bonds. The van der Waals surface area contributed by atoms with Gasteiger partial charge in [-0.3, -0.25) is 53.3 Å². The zero-order valence-electron chi connectivity index (χ0n) is 65.6. The van der Waals surface area contributed by atoms with Crippen molar-refractivity contribution in [3.05, 3.63) is 268 Å². The number of nitrogens with zero attached hydrogens (tertiary/aromatic N) is 11. The number of ketones is 4. The number of carbonyl (C=O) groups is 8. The largest absolute Gasteiger partial charge is 0.446 e. The summed E-state index contributed by atoms with van der Waals surface area (Å²) in [5.74, 6) is 3.41. The smallest absolute Gasteiger partial charge is 0.226 e. The number of rotatable bonds is 24. The Balaban J connectivity index is 0.000000171. The molecule has 12 aromatic rings. The third kappa shape index (κ3) is 21.6. The Bertz CT molecular complexity index is 4690. The molecule has 0 unspecified atom stereocenters. The SMILES string of the molecule is CCC(=O)N(C)c1ccc(-c2ccc(C(=O)Cc3ncc(C)o3)cc2)cc1C.CCC(=O)N(C)c1ccc(-c2ccc(C(=O)Cc3ncc(C)o3)cn2)cc1C.CCC(=O)N(C)c1ccc(-c2ccc(C(=O)Cc3ncc(C)o3)cn2)cc1F.CCC(=O)N(C)c1ccc(-c2ccc(C(=O)Cc3ncc(C)o3)nc2)cc1C. The van der Waals surface area contributed by atoms with E-state index in [2.05, 4.69) is 41.0 Å². The number of amides is 4. The molecule has 24 heteroatoms. The highest BCUT2D eigenvalue weighted by molar-refractivity contribution is 6.00. The summed E-state index contributed by atoms with van der Waals surface area (Å²) in [6, 6.07) is 40.3. The summed E-state index contributed by atoms with van der Waals surface area (Å²) in [6.07, 6.45) is 13.2. The number of pyridine rings is 3. The van der Waals surface area contributed by atoms with Crippen LogP contribution in [0.25, 0.3) is 44.8 Å².